The molecule has 0 saturated carbocycles. The second-order valence-electron chi connectivity index (χ2n) is 6.69. The van der Waals surface area contributed by atoms with Crippen molar-refractivity contribution in [2.45, 2.75) is 33.4 Å². The molecule has 29 heavy (non-hydrogen) atoms. The Morgan fingerprint density at radius 3 is 2.86 bits per heavy atom. The van der Waals surface area contributed by atoms with E-state index >= 15 is 0 Å². The first-order valence-corrected chi connectivity index (χ1v) is 9.75. The van der Waals surface area contributed by atoms with Crippen molar-refractivity contribution in [3.63, 3.8) is 0 Å². The monoisotopic (exact) mass is 392 g/mol. The molecule has 0 aliphatic carbocycles. The van der Waals surface area contributed by atoms with Gasteiger partial charge in [0, 0.05) is 25.2 Å². The van der Waals surface area contributed by atoms with Crippen molar-refractivity contribution in [1.29, 1.82) is 5.26 Å². The van der Waals surface area contributed by atoms with Crippen LogP contribution in [0.1, 0.15) is 30.3 Å². The zero-order chi connectivity index (χ0) is 20.6. The van der Waals surface area contributed by atoms with Crippen molar-refractivity contribution in [2.24, 2.45) is 4.99 Å². The summed E-state index contributed by atoms with van der Waals surface area (Å²) in [4.78, 5) is 9.04. The van der Waals surface area contributed by atoms with Crippen LogP contribution in [0.4, 0.5) is 4.39 Å². The van der Waals surface area contributed by atoms with Gasteiger partial charge in [-0.2, -0.15) is 5.26 Å². The summed E-state index contributed by atoms with van der Waals surface area (Å²) in [5.74, 6) is 1.27. The topological polar surface area (TPSA) is 78.0 Å². The average molecular weight is 392 g/mol. The number of rotatable bonds is 7. The SMILES string of the molecule is CCNC(=NCc1cc(C#N)ccc1F)NCCCn1c(C)nc2ccccc21. The van der Waals surface area contributed by atoms with Crippen LogP contribution in [-0.4, -0.2) is 28.6 Å². The van der Waals surface area contributed by atoms with Gasteiger partial charge in [0.2, 0.25) is 0 Å². The highest BCUT2D eigenvalue weighted by atomic mass is 19.1. The van der Waals surface area contributed by atoms with Gasteiger partial charge in [-0.05, 0) is 50.6 Å². The van der Waals surface area contributed by atoms with E-state index in [1.165, 1.54) is 18.2 Å². The average Bonchev–Trinajstić information content (AvgIpc) is 3.05. The van der Waals surface area contributed by atoms with E-state index in [4.69, 9.17) is 5.26 Å². The molecule has 0 unspecified atom stereocenters. The molecule has 0 bridgehead atoms. The first kappa shape index (κ1) is 20.3. The van der Waals surface area contributed by atoms with E-state index in [9.17, 15) is 4.39 Å². The Balaban J connectivity index is 1.59. The Kier molecular flexibility index (Phi) is 6.80. The third kappa shape index (κ3) is 5.11. The van der Waals surface area contributed by atoms with E-state index < -0.39 is 0 Å². The number of aliphatic imine (C=N–C) groups is 1. The van der Waals surface area contributed by atoms with Gasteiger partial charge in [-0.3, -0.25) is 0 Å². The molecular formula is C22H25FN6. The lowest BCUT2D eigenvalue weighted by atomic mass is 10.1. The lowest BCUT2D eigenvalue weighted by Gasteiger charge is -2.12. The van der Waals surface area contributed by atoms with Crippen LogP contribution in [0, 0.1) is 24.1 Å². The first-order chi connectivity index (χ1) is 14.1. The Morgan fingerprint density at radius 1 is 1.24 bits per heavy atom. The van der Waals surface area contributed by atoms with Crippen molar-refractivity contribution in [1.82, 2.24) is 20.2 Å². The Hall–Kier alpha value is -3.40. The molecule has 0 spiro atoms. The van der Waals surface area contributed by atoms with Crippen LogP contribution in [-0.2, 0) is 13.1 Å². The number of nitrogens with one attached hydrogen (secondary N) is 2. The van der Waals surface area contributed by atoms with E-state index in [-0.39, 0.29) is 12.4 Å². The number of benzene rings is 2. The number of fused-ring (bicyclic) bond motifs is 1. The highest BCUT2D eigenvalue weighted by molar-refractivity contribution is 5.79. The fourth-order valence-electron chi connectivity index (χ4n) is 3.19. The summed E-state index contributed by atoms with van der Waals surface area (Å²) in [5.41, 5.74) is 2.98. The van der Waals surface area contributed by atoms with Crippen LogP contribution in [0.15, 0.2) is 47.5 Å². The number of aromatic nitrogens is 2. The summed E-state index contributed by atoms with van der Waals surface area (Å²) in [7, 11) is 0. The molecule has 0 saturated heterocycles. The van der Waals surface area contributed by atoms with Gasteiger partial charge in [-0.15, -0.1) is 0 Å². The number of nitrogens with zero attached hydrogens (tertiary/aromatic N) is 4. The van der Waals surface area contributed by atoms with Crippen LogP contribution in [0.25, 0.3) is 11.0 Å². The van der Waals surface area contributed by atoms with Crippen molar-refractivity contribution < 1.29 is 4.39 Å². The Morgan fingerprint density at radius 2 is 2.07 bits per heavy atom. The lowest BCUT2D eigenvalue weighted by molar-refractivity contribution is 0.608. The predicted molar refractivity (Wildman–Crippen MR) is 113 cm³/mol. The molecule has 6 nitrogen and oxygen atoms in total. The summed E-state index contributed by atoms with van der Waals surface area (Å²) >= 11 is 0. The molecule has 2 N–H and O–H groups in total. The second-order valence-corrected chi connectivity index (χ2v) is 6.69. The van der Waals surface area contributed by atoms with Crippen LogP contribution < -0.4 is 10.6 Å². The molecule has 0 atom stereocenters. The number of nitriles is 1. The van der Waals surface area contributed by atoms with Gasteiger partial charge in [0.25, 0.3) is 0 Å². The number of imidazole rings is 1. The Bertz CT molecular complexity index is 1050. The molecule has 0 amide bonds. The van der Waals surface area contributed by atoms with E-state index in [1.807, 2.05) is 38.1 Å². The zero-order valence-corrected chi connectivity index (χ0v) is 16.7. The van der Waals surface area contributed by atoms with E-state index in [0.29, 0.717) is 23.6 Å². The number of guanidine groups is 1. The van der Waals surface area contributed by atoms with Crippen LogP contribution >= 0.6 is 0 Å². The molecule has 7 heteroatoms. The minimum absolute atomic E-state index is 0.169. The third-order valence-corrected chi connectivity index (χ3v) is 4.62. The smallest absolute Gasteiger partial charge is 0.191 e. The van der Waals surface area contributed by atoms with Gasteiger partial charge in [0.05, 0.1) is 29.2 Å². The van der Waals surface area contributed by atoms with Crippen molar-refractivity contribution >= 4 is 17.0 Å². The third-order valence-electron chi connectivity index (χ3n) is 4.62. The molecule has 0 aliphatic heterocycles. The van der Waals surface area contributed by atoms with Crippen LogP contribution in [0.3, 0.4) is 0 Å². The van der Waals surface area contributed by atoms with Crippen molar-refractivity contribution in [3.8, 4) is 6.07 Å². The quantitative estimate of drug-likeness (QED) is 0.366. The molecule has 1 aromatic heterocycles. The Labute approximate surface area is 170 Å². The van der Waals surface area contributed by atoms with Crippen molar-refractivity contribution in [2.75, 3.05) is 13.1 Å². The first-order valence-electron chi connectivity index (χ1n) is 9.75. The van der Waals surface area contributed by atoms with Gasteiger partial charge < -0.3 is 15.2 Å². The molecule has 150 valence electrons. The fraction of sp³-hybridized carbons (Fsp3) is 0.318. The molecule has 0 aliphatic rings. The minimum atomic E-state index is -0.356. The van der Waals surface area contributed by atoms with E-state index in [2.05, 4.69) is 31.2 Å². The highest BCUT2D eigenvalue weighted by Gasteiger charge is 2.07. The van der Waals surface area contributed by atoms with Crippen LogP contribution in [0.5, 0.6) is 0 Å². The molecule has 0 fully saturated rings. The summed E-state index contributed by atoms with van der Waals surface area (Å²) in [6.45, 7) is 6.44. The number of hydrogen-bond donors (Lipinski definition) is 2. The molecule has 1 heterocycles. The highest BCUT2D eigenvalue weighted by Crippen LogP contribution is 2.15. The second kappa shape index (κ2) is 9.69. The fourth-order valence-corrected chi connectivity index (χ4v) is 3.19. The number of hydrogen-bond acceptors (Lipinski definition) is 3. The summed E-state index contributed by atoms with van der Waals surface area (Å²) in [6, 6.07) is 14.5. The molecular weight excluding hydrogens is 367 g/mol. The lowest BCUT2D eigenvalue weighted by Crippen LogP contribution is -2.38. The maximum absolute atomic E-state index is 13.9. The standard InChI is InChI=1S/C22H25FN6/c1-3-25-22(27-15-18-13-17(14-24)9-10-19(18)23)26-11-6-12-29-16(2)28-20-7-4-5-8-21(20)29/h4-5,7-10,13H,3,6,11-12,15H2,1-2H3,(H2,25,26,27). The van der Waals surface area contributed by atoms with Gasteiger partial charge in [-0.1, -0.05) is 12.1 Å². The number of para-hydroxylation sites is 2. The molecule has 3 rings (SSSR count). The number of aryl methyl sites for hydroxylation is 2. The molecule has 0 radical (unpaired) electrons. The maximum Gasteiger partial charge on any atom is 0.191 e. The van der Waals surface area contributed by atoms with Gasteiger partial charge in [0.15, 0.2) is 5.96 Å². The van der Waals surface area contributed by atoms with Gasteiger partial charge >= 0.3 is 0 Å². The maximum atomic E-state index is 13.9. The van der Waals surface area contributed by atoms with E-state index in [1.54, 1.807) is 0 Å². The van der Waals surface area contributed by atoms with Crippen molar-refractivity contribution in [3.05, 3.63) is 65.2 Å². The summed E-state index contributed by atoms with van der Waals surface area (Å²) in [6.07, 6.45) is 0.893. The van der Waals surface area contributed by atoms with Gasteiger partial charge in [0.1, 0.15) is 11.6 Å². The zero-order valence-electron chi connectivity index (χ0n) is 16.7. The predicted octanol–water partition coefficient (Wildman–Crippen LogP) is 3.50. The summed E-state index contributed by atoms with van der Waals surface area (Å²) < 4.78 is 16.2. The molecule has 3 aromatic rings. The minimum Gasteiger partial charge on any atom is -0.357 e. The summed E-state index contributed by atoms with van der Waals surface area (Å²) in [5, 5.41) is 15.4. The largest absolute Gasteiger partial charge is 0.357 e. The van der Waals surface area contributed by atoms with E-state index in [0.717, 1.165) is 36.4 Å². The normalized spacial score (nSPS) is 11.4. The number of halogens is 1. The molecule has 2 aromatic carbocycles. The van der Waals surface area contributed by atoms with Crippen LogP contribution in [0.2, 0.25) is 0 Å². The van der Waals surface area contributed by atoms with Gasteiger partial charge in [-0.25, -0.2) is 14.4 Å².